The molecule has 0 amide bonds. The van der Waals surface area contributed by atoms with E-state index in [0.717, 1.165) is 0 Å². The molecule has 0 saturated carbocycles. The number of aliphatic hydroxyl groups is 1. The van der Waals surface area contributed by atoms with Crippen LogP contribution in [0, 0.1) is 0 Å². The number of aromatic hydroxyl groups is 1. The summed E-state index contributed by atoms with van der Waals surface area (Å²) in [6.45, 7) is 0.346. The standard InChI is InChI=1S/C15H15N3O3/c16-11-8-14-12(18-15(21-14)17-5-6-19)7-10(11)9-3-1-2-4-13(9)20/h1-4,7-8,19-20H,5-6,16H2,(H,17,18). The Morgan fingerprint density at radius 2 is 2.00 bits per heavy atom. The number of phenolic OH excluding ortho intramolecular Hbond substituents is 1. The molecule has 0 spiro atoms. The lowest BCUT2D eigenvalue weighted by Gasteiger charge is -2.07. The predicted octanol–water partition coefficient (Wildman–Crippen LogP) is 2.19. The van der Waals surface area contributed by atoms with Gasteiger partial charge in [-0.1, -0.05) is 18.2 Å². The zero-order chi connectivity index (χ0) is 14.8. The van der Waals surface area contributed by atoms with Crippen LogP contribution in [0.4, 0.5) is 11.7 Å². The average Bonchev–Trinajstić information content (AvgIpc) is 2.86. The van der Waals surface area contributed by atoms with Gasteiger partial charge in [0.05, 0.1) is 6.61 Å². The van der Waals surface area contributed by atoms with Crippen LogP contribution in [0.3, 0.4) is 0 Å². The Kier molecular flexibility index (Phi) is 3.37. The van der Waals surface area contributed by atoms with Crippen molar-refractivity contribution >= 4 is 22.8 Å². The van der Waals surface area contributed by atoms with Gasteiger partial charge in [0.25, 0.3) is 6.01 Å². The van der Waals surface area contributed by atoms with Gasteiger partial charge >= 0.3 is 0 Å². The predicted molar refractivity (Wildman–Crippen MR) is 81.1 cm³/mol. The minimum atomic E-state index is -0.00992. The third-order valence-corrected chi connectivity index (χ3v) is 3.14. The molecule has 0 saturated heterocycles. The second-order valence-corrected chi connectivity index (χ2v) is 4.59. The summed E-state index contributed by atoms with van der Waals surface area (Å²) in [5, 5.41) is 21.6. The van der Waals surface area contributed by atoms with Crippen molar-refractivity contribution in [3.63, 3.8) is 0 Å². The zero-order valence-corrected chi connectivity index (χ0v) is 11.2. The Bertz CT molecular complexity index is 783. The van der Waals surface area contributed by atoms with Crippen molar-refractivity contribution in [1.82, 2.24) is 4.98 Å². The molecule has 0 aliphatic carbocycles. The second kappa shape index (κ2) is 5.34. The average molecular weight is 285 g/mol. The number of hydrogen-bond acceptors (Lipinski definition) is 6. The van der Waals surface area contributed by atoms with Gasteiger partial charge in [-0.15, -0.1) is 0 Å². The molecule has 3 rings (SSSR count). The molecule has 2 aromatic carbocycles. The first-order valence-corrected chi connectivity index (χ1v) is 6.52. The normalized spacial score (nSPS) is 10.9. The van der Waals surface area contributed by atoms with E-state index in [4.69, 9.17) is 15.3 Å². The molecule has 6 heteroatoms. The maximum absolute atomic E-state index is 9.94. The number of para-hydroxylation sites is 1. The van der Waals surface area contributed by atoms with Crippen LogP contribution < -0.4 is 11.1 Å². The van der Waals surface area contributed by atoms with Crippen molar-refractivity contribution in [3.05, 3.63) is 36.4 Å². The fourth-order valence-corrected chi connectivity index (χ4v) is 2.16. The molecule has 3 aromatic rings. The number of nitrogens with two attached hydrogens (primary N) is 1. The Hall–Kier alpha value is -2.73. The van der Waals surface area contributed by atoms with E-state index in [9.17, 15) is 5.11 Å². The summed E-state index contributed by atoms with van der Waals surface area (Å²) < 4.78 is 5.50. The van der Waals surface area contributed by atoms with Crippen molar-refractivity contribution in [2.75, 3.05) is 24.2 Å². The van der Waals surface area contributed by atoms with Crippen molar-refractivity contribution in [3.8, 4) is 16.9 Å². The maximum atomic E-state index is 9.94. The molecule has 6 nitrogen and oxygen atoms in total. The lowest BCUT2D eigenvalue weighted by atomic mass is 10.0. The molecule has 1 heterocycles. The third kappa shape index (κ3) is 2.48. The molecule has 21 heavy (non-hydrogen) atoms. The molecule has 0 aliphatic rings. The molecule has 5 N–H and O–H groups in total. The molecule has 0 unspecified atom stereocenters. The van der Waals surface area contributed by atoms with Crippen LogP contribution in [0.1, 0.15) is 0 Å². The van der Waals surface area contributed by atoms with Crippen LogP contribution >= 0.6 is 0 Å². The van der Waals surface area contributed by atoms with Gasteiger partial charge in [0.1, 0.15) is 11.3 Å². The van der Waals surface area contributed by atoms with E-state index in [2.05, 4.69) is 10.3 Å². The first-order valence-electron chi connectivity index (χ1n) is 6.52. The molecule has 0 atom stereocenters. The summed E-state index contributed by atoms with van der Waals surface area (Å²) in [5.41, 5.74) is 9.05. The van der Waals surface area contributed by atoms with Gasteiger partial charge in [0, 0.05) is 29.4 Å². The number of hydrogen-bond donors (Lipinski definition) is 4. The Balaban J connectivity index is 2.08. The van der Waals surface area contributed by atoms with Gasteiger partial charge < -0.3 is 25.7 Å². The monoisotopic (exact) mass is 285 g/mol. The first-order chi connectivity index (χ1) is 10.2. The van der Waals surface area contributed by atoms with Crippen LogP contribution in [-0.4, -0.2) is 28.3 Å². The van der Waals surface area contributed by atoms with Gasteiger partial charge in [-0.3, -0.25) is 0 Å². The number of aromatic nitrogens is 1. The van der Waals surface area contributed by atoms with Crippen LogP contribution in [0.25, 0.3) is 22.2 Å². The van der Waals surface area contributed by atoms with E-state index in [1.807, 2.05) is 6.07 Å². The number of nitrogens with zero attached hydrogens (tertiary/aromatic N) is 1. The van der Waals surface area contributed by atoms with Crippen molar-refractivity contribution in [1.29, 1.82) is 0 Å². The summed E-state index contributed by atoms with van der Waals surface area (Å²) in [6.07, 6.45) is 0. The number of benzene rings is 2. The zero-order valence-electron chi connectivity index (χ0n) is 11.2. The fraction of sp³-hybridized carbons (Fsp3) is 0.133. The van der Waals surface area contributed by atoms with E-state index >= 15 is 0 Å². The van der Waals surface area contributed by atoms with Crippen molar-refractivity contribution < 1.29 is 14.6 Å². The van der Waals surface area contributed by atoms with Crippen LogP contribution in [-0.2, 0) is 0 Å². The molecule has 0 aliphatic heterocycles. The van der Waals surface area contributed by atoms with Crippen LogP contribution in [0.2, 0.25) is 0 Å². The van der Waals surface area contributed by atoms with Gasteiger partial charge in [0.2, 0.25) is 0 Å². The highest BCUT2D eigenvalue weighted by atomic mass is 16.4. The fourth-order valence-electron chi connectivity index (χ4n) is 2.16. The number of phenols is 1. The minimum absolute atomic E-state index is 0.00992. The Morgan fingerprint density at radius 1 is 1.19 bits per heavy atom. The smallest absolute Gasteiger partial charge is 0.295 e. The quantitative estimate of drug-likeness (QED) is 0.548. The molecule has 1 aromatic heterocycles. The van der Waals surface area contributed by atoms with Crippen molar-refractivity contribution in [2.45, 2.75) is 0 Å². The van der Waals surface area contributed by atoms with Gasteiger partial charge in [0.15, 0.2) is 5.58 Å². The topological polar surface area (TPSA) is 105 Å². The molecule has 0 fully saturated rings. The summed E-state index contributed by atoms with van der Waals surface area (Å²) in [5.74, 6) is 0.158. The highest BCUT2D eigenvalue weighted by Gasteiger charge is 2.12. The Morgan fingerprint density at radius 3 is 2.76 bits per heavy atom. The summed E-state index contributed by atoms with van der Waals surface area (Å²) in [4.78, 5) is 4.28. The lowest BCUT2D eigenvalue weighted by Crippen LogP contribution is -2.05. The van der Waals surface area contributed by atoms with E-state index in [1.54, 1.807) is 30.3 Å². The molecule has 108 valence electrons. The van der Waals surface area contributed by atoms with Crippen molar-refractivity contribution in [2.24, 2.45) is 0 Å². The van der Waals surface area contributed by atoms with E-state index in [-0.39, 0.29) is 12.4 Å². The van der Waals surface area contributed by atoms with Gasteiger partial charge in [-0.25, -0.2) is 0 Å². The lowest BCUT2D eigenvalue weighted by molar-refractivity contribution is 0.310. The highest BCUT2D eigenvalue weighted by molar-refractivity contribution is 5.91. The van der Waals surface area contributed by atoms with Gasteiger partial charge in [-0.2, -0.15) is 4.98 Å². The third-order valence-electron chi connectivity index (χ3n) is 3.14. The number of anilines is 2. The summed E-state index contributed by atoms with van der Waals surface area (Å²) in [7, 11) is 0. The second-order valence-electron chi connectivity index (χ2n) is 4.59. The molecule has 0 bridgehead atoms. The highest BCUT2D eigenvalue weighted by Crippen LogP contribution is 2.36. The number of nitrogens with one attached hydrogen (secondary N) is 1. The summed E-state index contributed by atoms with van der Waals surface area (Å²) in [6, 6.07) is 10.7. The summed E-state index contributed by atoms with van der Waals surface area (Å²) >= 11 is 0. The molecular weight excluding hydrogens is 270 g/mol. The number of fused-ring (bicyclic) bond motifs is 1. The van der Waals surface area contributed by atoms with E-state index in [0.29, 0.717) is 40.5 Å². The van der Waals surface area contributed by atoms with Gasteiger partial charge in [-0.05, 0) is 12.1 Å². The van der Waals surface area contributed by atoms with E-state index in [1.165, 1.54) is 0 Å². The number of nitrogen functional groups attached to an aromatic ring is 1. The number of aliphatic hydroxyl groups excluding tert-OH is 1. The minimum Gasteiger partial charge on any atom is -0.507 e. The largest absolute Gasteiger partial charge is 0.507 e. The van der Waals surface area contributed by atoms with E-state index < -0.39 is 0 Å². The Labute approximate surface area is 120 Å². The number of rotatable bonds is 4. The molecular formula is C15H15N3O3. The SMILES string of the molecule is Nc1cc2oc(NCCO)nc2cc1-c1ccccc1O. The first kappa shape index (κ1) is 13.3. The molecule has 0 radical (unpaired) electrons. The number of oxazole rings is 1. The van der Waals surface area contributed by atoms with Crippen LogP contribution in [0.5, 0.6) is 5.75 Å². The maximum Gasteiger partial charge on any atom is 0.295 e. The van der Waals surface area contributed by atoms with Crippen LogP contribution in [0.15, 0.2) is 40.8 Å².